The number of aromatic hydroxyl groups is 1. The lowest BCUT2D eigenvalue weighted by Crippen LogP contribution is -2.12. The van der Waals surface area contributed by atoms with Crippen LogP contribution in [0.1, 0.15) is 22.3 Å². The molecule has 0 aliphatic carbocycles. The Morgan fingerprint density at radius 1 is 0.950 bits per heavy atom. The number of methoxy groups -OCH3 is 1. The molecule has 0 bridgehead atoms. The van der Waals surface area contributed by atoms with Gasteiger partial charge in [0.15, 0.2) is 0 Å². The predicted octanol–water partition coefficient (Wildman–Crippen LogP) is 3.31. The van der Waals surface area contributed by atoms with Crippen molar-refractivity contribution in [3.05, 3.63) is 58.7 Å². The Kier molecular flexibility index (Phi) is 4.64. The molecule has 0 radical (unpaired) electrons. The van der Waals surface area contributed by atoms with Crippen LogP contribution in [0.5, 0.6) is 11.5 Å². The van der Waals surface area contributed by atoms with Crippen LogP contribution in [-0.2, 0) is 13.1 Å². The summed E-state index contributed by atoms with van der Waals surface area (Å²) < 4.78 is 5.14. The Hall–Kier alpha value is -2.00. The molecule has 0 heterocycles. The number of hydrogen-bond donors (Lipinski definition) is 2. The van der Waals surface area contributed by atoms with E-state index >= 15 is 0 Å². The zero-order valence-electron chi connectivity index (χ0n) is 12.2. The van der Waals surface area contributed by atoms with E-state index in [0.29, 0.717) is 5.75 Å². The number of rotatable bonds is 5. The lowest BCUT2D eigenvalue weighted by molar-refractivity contribution is 0.414. The first-order chi connectivity index (χ1) is 9.60. The average molecular weight is 271 g/mol. The number of phenols is 1. The van der Waals surface area contributed by atoms with E-state index in [1.807, 2.05) is 38.1 Å². The summed E-state index contributed by atoms with van der Waals surface area (Å²) in [5.41, 5.74) is 4.25. The molecule has 2 N–H and O–H groups in total. The number of ether oxygens (including phenoxy) is 1. The molecule has 2 rings (SSSR count). The SMILES string of the molecule is COc1ccc(CNCc2cc(C)c(O)c(C)c2)cc1. The van der Waals surface area contributed by atoms with Crippen molar-refractivity contribution in [2.45, 2.75) is 26.9 Å². The third kappa shape index (κ3) is 3.52. The molecular weight excluding hydrogens is 250 g/mol. The minimum atomic E-state index is 0.393. The second kappa shape index (κ2) is 6.44. The third-order valence-electron chi connectivity index (χ3n) is 3.37. The van der Waals surface area contributed by atoms with Gasteiger partial charge in [0.05, 0.1) is 7.11 Å². The molecule has 20 heavy (non-hydrogen) atoms. The fourth-order valence-corrected chi connectivity index (χ4v) is 2.24. The maximum atomic E-state index is 9.75. The van der Waals surface area contributed by atoms with Gasteiger partial charge < -0.3 is 15.2 Å². The van der Waals surface area contributed by atoms with Crippen LogP contribution in [0.4, 0.5) is 0 Å². The standard InChI is InChI=1S/C17H21NO2/c1-12-8-15(9-13(2)17(12)19)11-18-10-14-4-6-16(20-3)7-5-14/h4-9,18-19H,10-11H2,1-3H3. The number of nitrogens with one attached hydrogen (secondary N) is 1. The van der Waals surface area contributed by atoms with Gasteiger partial charge in [-0.3, -0.25) is 0 Å². The minimum absolute atomic E-state index is 0.393. The number of hydrogen-bond acceptors (Lipinski definition) is 3. The van der Waals surface area contributed by atoms with Crippen molar-refractivity contribution in [1.82, 2.24) is 5.32 Å². The fraction of sp³-hybridized carbons (Fsp3) is 0.294. The fourth-order valence-electron chi connectivity index (χ4n) is 2.24. The van der Waals surface area contributed by atoms with E-state index in [4.69, 9.17) is 4.74 Å². The van der Waals surface area contributed by atoms with Crippen molar-refractivity contribution in [3.63, 3.8) is 0 Å². The summed E-state index contributed by atoms with van der Waals surface area (Å²) in [7, 11) is 1.67. The first-order valence-corrected chi connectivity index (χ1v) is 6.73. The molecule has 0 spiro atoms. The normalized spacial score (nSPS) is 10.6. The van der Waals surface area contributed by atoms with Gasteiger partial charge in [-0.05, 0) is 48.2 Å². The Labute approximate surface area is 120 Å². The summed E-state index contributed by atoms with van der Waals surface area (Å²) in [6, 6.07) is 12.1. The molecule has 0 saturated heterocycles. The van der Waals surface area contributed by atoms with E-state index in [0.717, 1.165) is 30.0 Å². The second-order valence-corrected chi connectivity index (χ2v) is 5.03. The highest BCUT2D eigenvalue weighted by Gasteiger charge is 2.03. The van der Waals surface area contributed by atoms with E-state index in [1.54, 1.807) is 7.11 Å². The maximum Gasteiger partial charge on any atom is 0.121 e. The lowest BCUT2D eigenvalue weighted by Gasteiger charge is -2.09. The van der Waals surface area contributed by atoms with Crippen molar-refractivity contribution in [2.24, 2.45) is 0 Å². The molecule has 3 heteroatoms. The van der Waals surface area contributed by atoms with Crippen molar-refractivity contribution >= 4 is 0 Å². The summed E-state index contributed by atoms with van der Waals surface area (Å²) >= 11 is 0. The molecular formula is C17H21NO2. The topological polar surface area (TPSA) is 41.5 Å². The highest BCUT2D eigenvalue weighted by molar-refractivity contribution is 5.42. The highest BCUT2D eigenvalue weighted by Crippen LogP contribution is 2.22. The van der Waals surface area contributed by atoms with Gasteiger partial charge in [-0.2, -0.15) is 0 Å². The van der Waals surface area contributed by atoms with Crippen molar-refractivity contribution in [3.8, 4) is 11.5 Å². The van der Waals surface area contributed by atoms with Crippen LogP contribution in [-0.4, -0.2) is 12.2 Å². The molecule has 0 aromatic heterocycles. The molecule has 0 atom stereocenters. The average Bonchev–Trinajstić information content (AvgIpc) is 2.45. The van der Waals surface area contributed by atoms with Gasteiger partial charge in [0.25, 0.3) is 0 Å². The van der Waals surface area contributed by atoms with Gasteiger partial charge in [-0.15, -0.1) is 0 Å². The van der Waals surface area contributed by atoms with Gasteiger partial charge in [-0.25, -0.2) is 0 Å². The molecule has 2 aromatic rings. The van der Waals surface area contributed by atoms with E-state index in [2.05, 4.69) is 17.4 Å². The predicted molar refractivity (Wildman–Crippen MR) is 81.1 cm³/mol. The second-order valence-electron chi connectivity index (χ2n) is 5.03. The molecule has 0 unspecified atom stereocenters. The van der Waals surface area contributed by atoms with Crippen molar-refractivity contribution < 1.29 is 9.84 Å². The molecule has 0 saturated carbocycles. The summed E-state index contributed by atoms with van der Waals surface area (Å²) in [4.78, 5) is 0. The van der Waals surface area contributed by atoms with Gasteiger partial charge in [-0.1, -0.05) is 24.3 Å². The van der Waals surface area contributed by atoms with Gasteiger partial charge >= 0.3 is 0 Å². The Morgan fingerprint density at radius 2 is 1.50 bits per heavy atom. The Bertz CT molecular complexity index is 553. The van der Waals surface area contributed by atoms with E-state index in [-0.39, 0.29) is 0 Å². The van der Waals surface area contributed by atoms with E-state index < -0.39 is 0 Å². The molecule has 0 amide bonds. The summed E-state index contributed by atoms with van der Waals surface area (Å²) in [5, 5.41) is 13.2. The largest absolute Gasteiger partial charge is 0.507 e. The molecule has 106 valence electrons. The molecule has 3 nitrogen and oxygen atoms in total. The van der Waals surface area contributed by atoms with Crippen LogP contribution in [0.2, 0.25) is 0 Å². The zero-order chi connectivity index (χ0) is 14.5. The molecule has 2 aromatic carbocycles. The maximum absolute atomic E-state index is 9.75. The third-order valence-corrected chi connectivity index (χ3v) is 3.37. The summed E-state index contributed by atoms with van der Waals surface area (Å²) in [6.45, 7) is 5.45. The minimum Gasteiger partial charge on any atom is -0.507 e. The van der Waals surface area contributed by atoms with Crippen LogP contribution in [0.25, 0.3) is 0 Å². The van der Waals surface area contributed by atoms with Crippen LogP contribution >= 0.6 is 0 Å². The monoisotopic (exact) mass is 271 g/mol. The Morgan fingerprint density at radius 3 is 2.05 bits per heavy atom. The number of aryl methyl sites for hydroxylation is 2. The van der Waals surface area contributed by atoms with Gasteiger partial charge in [0, 0.05) is 13.1 Å². The van der Waals surface area contributed by atoms with Crippen LogP contribution < -0.4 is 10.1 Å². The number of benzene rings is 2. The molecule has 0 aliphatic rings. The zero-order valence-corrected chi connectivity index (χ0v) is 12.2. The van der Waals surface area contributed by atoms with Crippen molar-refractivity contribution in [2.75, 3.05) is 7.11 Å². The first-order valence-electron chi connectivity index (χ1n) is 6.73. The van der Waals surface area contributed by atoms with E-state index in [1.165, 1.54) is 11.1 Å². The summed E-state index contributed by atoms with van der Waals surface area (Å²) in [5.74, 6) is 1.27. The van der Waals surface area contributed by atoms with E-state index in [9.17, 15) is 5.11 Å². The molecule has 0 aliphatic heterocycles. The van der Waals surface area contributed by atoms with Gasteiger partial charge in [0.1, 0.15) is 11.5 Å². The number of phenolic OH excluding ortho intramolecular Hbond substituents is 1. The van der Waals surface area contributed by atoms with Crippen LogP contribution in [0.15, 0.2) is 36.4 Å². The molecule has 0 fully saturated rings. The highest BCUT2D eigenvalue weighted by atomic mass is 16.5. The van der Waals surface area contributed by atoms with Crippen LogP contribution in [0, 0.1) is 13.8 Å². The lowest BCUT2D eigenvalue weighted by atomic mass is 10.1. The first kappa shape index (κ1) is 14.4. The smallest absolute Gasteiger partial charge is 0.121 e. The summed E-state index contributed by atoms with van der Waals surface area (Å²) in [6.07, 6.45) is 0. The van der Waals surface area contributed by atoms with Crippen LogP contribution in [0.3, 0.4) is 0 Å². The Balaban J connectivity index is 1.92. The van der Waals surface area contributed by atoms with Gasteiger partial charge in [0.2, 0.25) is 0 Å². The van der Waals surface area contributed by atoms with Crippen molar-refractivity contribution in [1.29, 1.82) is 0 Å². The quantitative estimate of drug-likeness (QED) is 0.876.